The molecule has 0 spiro atoms. The molecule has 0 saturated carbocycles. The first-order valence-electron chi connectivity index (χ1n) is 5.89. The zero-order valence-electron chi connectivity index (χ0n) is 10.5. The van der Waals surface area contributed by atoms with E-state index >= 15 is 0 Å². The molecule has 2 N–H and O–H groups in total. The van der Waals surface area contributed by atoms with Crippen LogP contribution in [0, 0.1) is 6.92 Å². The number of hydrogen-bond acceptors (Lipinski definition) is 2. The summed E-state index contributed by atoms with van der Waals surface area (Å²) >= 11 is 3.40. The molecule has 0 unspecified atom stereocenters. The molecule has 2 aromatic carbocycles. The smallest absolute Gasteiger partial charge is 0.251 e. The molecule has 0 saturated heterocycles. The lowest BCUT2D eigenvalue weighted by molar-refractivity contribution is 0.0950. The Morgan fingerprint density at radius 3 is 2.68 bits per heavy atom. The van der Waals surface area contributed by atoms with E-state index in [4.69, 9.17) is 0 Å². The van der Waals surface area contributed by atoms with Crippen LogP contribution in [0.25, 0.3) is 0 Å². The van der Waals surface area contributed by atoms with E-state index in [9.17, 15) is 9.90 Å². The number of benzene rings is 2. The molecule has 1 amide bonds. The van der Waals surface area contributed by atoms with Gasteiger partial charge in [0.2, 0.25) is 0 Å². The Morgan fingerprint density at radius 2 is 2.00 bits per heavy atom. The van der Waals surface area contributed by atoms with Gasteiger partial charge in [-0.15, -0.1) is 0 Å². The van der Waals surface area contributed by atoms with Crippen LogP contribution in [0.15, 0.2) is 46.9 Å². The molecule has 0 heterocycles. The van der Waals surface area contributed by atoms with E-state index in [1.807, 2.05) is 25.1 Å². The lowest BCUT2D eigenvalue weighted by Gasteiger charge is -2.08. The zero-order valence-corrected chi connectivity index (χ0v) is 12.1. The van der Waals surface area contributed by atoms with E-state index in [-0.39, 0.29) is 11.7 Å². The van der Waals surface area contributed by atoms with Gasteiger partial charge < -0.3 is 10.4 Å². The fraction of sp³-hybridized carbons (Fsp3) is 0.133. The maximum Gasteiger partial charge on any atom is 0.251 e. The number of halogens is 1. The van der Waals surface area contributed by atoms with Gasteiger partial charge in [-0.2, -0.15) is 0 Å². The maximum atomic E-state index is 12.0. The Labute approximate surface area is 120 Å². The van der Waals surface area contributed by atoms with Crippen molar-refractivity contribution in [1.82, 2.24) is 5.32 Å². The van der Waals surface area contributed by atoms with Crippen LogP contribution in [0.2, 0.25) is 0 Å². The molecule has 98 valence electrons. The van der Waals surface area contributed by atoms with Crippen LogP contribution in [0.1, 0.15) is 21.5 Å². The molecular formula is C15H14BrNO2. The van der Waals surface area contributed by atoms with Gasteiger partial charge in [-0.25, -0.2) is 0 Å². The minimum atomic E-state index is -0.154. The van der Waals surface area contributed by atoms with E-state index in [0.29, 0.717) is 17.7 Å². The van der Waals surface area contributed by atoms with Crippen LogP contribution >= 0.6 is 15.9 Å². The van der Waals surface area contributed by atoms with Gasteiger partial charge in [-0.3, -0.25) is 4.79 Å². The first-order chi connectivity index (χ1) is 9.08. The van der Waals surface area contributed by atoms with Crippen molar-refractivity contribution in [2.45, 2.75) is 13.5 Å². The molecule has 19 heavy (non-hydrogen) atoms. The predicted octanol–water partition coefficient (Wildman–Crippen LogP) is 3.39. The number of nitrogens with one attached hydrogen (secondary N) is 1. The minimum Gasteiger partial charge on any atom is -0.508 e. The van der Waals surface area contributed by atoms with Gasteiger partial charge in [0.15, 0.2) is 0 Å². The standard InChI is InChI=1S/C15H14BrNO2/c1-10-8-11(6-7-13(10)16)15(19)17-9-12-4-2-3-5-14(12)18/h2-8,18H,9H2,1H3,(H,17,19). The van der Waals surface area contributed by atoms with Gasteiger partial charge in [-0.05, 0) is 36.8 Å². The fourth-order valence-electron chi connectivity index (χ4n) is 1.72. The van der Waals surface area contributed by atoms with Crippen LogP contribution in [-0.2, 0) is 6.54 Å². The molecule has 0 radical (unpaired) electrons. The van der Waals surface area contributed by atoms with E-state index < -0.39 is 0 Å². The number of hydrogen-bond donors (Lipinski definition) is 2. The Bertz CT molecular complexity index is 611. The van der Waals surface area contributed by atoms with E-state index in [1.165, 1.54) is 0 Å². The number of amides is 1. The number of para-hydroxylation sites is 1. The summed E-state index contributed by atoms with van der Waals surface area (Å²) in [6.07, 6.45) is 0. The summed E-state index contributed by atoms with van der Waals surface area (Å²) in [5.41, 5.74) is 2.32. The normalized spacial score (nSPS) is 10.2. The summed E-state index contributed by atoms with van der Waals surface area (Å²) in [6.45, 7) is 2.24. The summed E-state index contributed by atoms with van der Waals surface area (Å²) in [5.74, 6) is 0.0358. The summed E-state index contributed by atoms with van der Waals surface area (Å²) in [6, 6.07) is 12.4. The van der Waals surface area contributed by atoms with Gasteiger partial charge in [0.05, 0.1) is 0 Å². The highest BCUT2D eigenvalue weighted by molar-refractivity contribution is 9.10. The minimum absolute atomic E-state index is 0.154. The Kier molecular flexibility index (Phi) is 4.22. The molecule has 3 nitrogen and oxygen atoms in total. The molecule has 0 bridgehead atoms. The second-order valence-electron chi connectivity index (χ2n) is 4.28. The largest absolute Gasteiger partial charge is 0.508 e. The first kappa shape index (κ1) is 13.6. The van der Waals surface area contributed by atoms with Gasteiger partial charge in [0.1, 0.15) is 5.75 Å². The molecule has 0 atom stereocenters. The molecular weight excluding hydrogens is 306 g/mol. The lowest BCUT2D eigenvalue weighted by atomic mass is 10.1. The lowest BCUT2D eigenvalue weighted by Crippen LogP contribution is -2.22. The fourth-order valence-corrected chi connectivity index (χ4v) is 1.97. The zero-order chi connectivity index (χ0) is 13.8. The highest BCUT2D eigenvalue weighted by Crippen LogP contribution is 2.18. The van der Waals surface area contributed by atoms with Crippen LogP contribution in [0.5, 0.6) is 5.75 Å². The average molecular weight is 320 g/mol. The van der Waals surface area contributed by atoms with Crippen molar-refractivity contribution >= 4 is 21.8 Å². The van der Waals surface area contributed by atoms with Crippen molar-refractivity contribution in [2.75, 3.05) is 0 Å². The third-order valence-electron chi connectivity index (χ3n) is 2.85. The van der Waals surface area contributed by atoms with Crippen LogP contribution in [-0.4, -0.2) is 11.0 Å². The third kappa shape index (κ3) is 3.35. The third-order valence-corrected chi connectivity index (χ3v) is 3.74. The number of phenols is 1. The van der Waals surface area contributed by atoms with Crippen LogP contribution in [0.3, 0.4) is 0 Å². The van der Waals surface area contributed by atoms with Crippen LogP contribution in [0.4, 0.5) is 0 Å². The topological polar surface area (TPSA) is 49.3 Å². The Hall–Kier alpha value is -1.81. The van der Waals surface area contributed by atoms with E-state index in [0.717, 1.165) is 10.0 Å². The number of rotatable bonds is 3. The average Bonchev–Trinajstić information content (AvgIpc) is 2.40. The van der Waals surface area contributed by atoms with Crippen molar-refractivity contribution in [1.29, 1.82) is 0 Å². The number of aromatic hydroxyl groups is 1. The van der Waals surface area contributed by atoms with E-state index in [2.05, 4.69) is 21.2 Å². The number of carbonyl (C=O) groups excluding carboxylic acids is 1. The second-order valence-corrected chi connectivity index (χ2v) is 5.13. The SMILES string of the molecule is Cc1cc(C(=O)NCc2ccccc2O)ccc1Br. The Morgan fingerprint density at radius 1 is 1.26 bits per heavy atom. The second kappa shape index (κ2) is 5.89. The summed E-state index contributed by atoms with van der Waals surface area (Å²) in [5, 5.41) is 12.4. The van der Waals surface area contributed by atoms with Gasteiger partial charge >= 0.3 is 0 Å². The first-order valence-corrected chi connectivity index (χ1v) is 6.68. The summed E-state index contributed by atoms with van der Waals surface area (Å²) in [4.78, 5) is 12.0. The number of carbonyl (C=O) groups is 1. The molecule has 2 rings (SSSR count). The molecule has 0 aliphatic carbocycles. The van der Waals surface area contributed by atoms with Crippen molar-refractivity contribution in [3.63, 3.8) is 0 Å². The van der Waals surface area contributed by atoms with Crippen molar-refractivity contribution < 1.29 is 9.90 Å². The number of phenolic OH excluding ortho intramolecular Hbond substituents is 1. The summed E-state index contributed by atoms with van der Waals surface area (Å²) < 4.78 is 0.977. The molecule has 0 aliphatic heterocycles. The quantitative estimate of drug-likeness (QED) is 0.911. The van der Waals surface area contributed by atoms with E-state index in [1.54, 1.807) is 24.3 Å². The highest BCUT2D eigenvalue weighted by Gasteiger charge is 2.07. The molecule has 2 aromatic rings. The summed E-state index contributed by atoms with van der Waals surface area (Å²) in [7, 11) is 0. The van der Waals surface area contributed by atoms with Crippen molar-refractivity contribution in [3.05, 3.63) is 63.6 Å². The van der Waals surface area contributed by atoms with Gasteiger partial charge in [0.25, 0.3) is 5.91 Å². The molecule has 4 heteroatoms. The van der Waals surface area contributed by atoms with Crippen molar-refractivity contribution in [3.8, 4) is 5.75 Å². The van der Waals surface area contributed by atoms with Crippen molar-refractivity contribution in [2.24, 2.45) is 0 Å². The molecule has 0 aromatic heterocycles. The van der Waals surface area contributed by atoms with Gasteiger partial charge in [0, 0.05) is 22.1 Å². The van der Waals surface area contributed by atoms with Gasteiger partial charge in [-0.1, -0.05) is 34.1 Å². The molecule has 0 fully saturated rings. The highest BCUT2D eigenvalue weighted by atomic mass is 79.9. The predicted molar refractivity (Wildman–Crippen MR) is 78.2 cm³/mol. The van der Waals surface area contributed by atoms with Crippen LogP contribution < -0.4 is 5.32 Å². The Balaban J connectivity index is 2.05. The molecule has 0 aliphatic rings. The maximum absolute atomic E-state index is 12.0. The monoisotopic (exact) mass is 319 g/mol. The number of aryl methyl sites for hydroxylation is 1.